The van der Waals surface area contributed by atoms with Crippen LogP contribution < -0.4 is 0 Å². The molecule has 90 valence electrons. The zero-order valence-corrected chi connectivity index (χ0v) is 10.6. The first-order valence-corrected chi connectivity index (χ1v) is 6.55. The molecule has 0 aliphatic carbocycles. The van der Waals surface area contributed by atoms with Crippen LogP contribution in [0.15, 0.2) is 30.3 Å². The van der Waals surface area contributed by atoms with Gasteiger partial charge in [0.1, 0.15) is 0 Å². The second-order valence-electron chi connectivity index (χ2n) is 4.27. The number of hydrogen-bond donors (Lipinski definition) is 0. The fraction of sp³-hybridized carbons (Fsp3) is 0.600. The first-order chi connectivity index (χ1) is 7.88. The van der Waals surface area contributed by atoms with Gasteiger partial charge in [0.05, 0.1) is 6.10 Å². The molecule has 0 radical (unpaired) electrons. The van der Waals surface area contributed by atoms with E-state index in [4.69, 9.17) is 4.74 Å². The largest absolute Gasteiger partial charge is 0.374 e. The van der Waals surface area contributed by atoms with Crippen molar-refractivity contribution in [3.8, 4) is 0 Å². The summed E-state index contributed by atoms with van der Waals surface area (Å²) in [6.07, 6.45) is 6.38. The van der Waals surface area contributed by atoms with Gasteiger partial charge in [-0.1, -0.05) is 63.4 Å². The summed E-state index contributed by atoms with van der Waals surface area (Å²) in [5, 5.41) is 0. The smallest absolute Gasteiger partial charge is 0.0824 e. The number of ether oxygens (including phenoxy) is 1. The van der Waals surface area contributed by atoms with Crippen molar-refractivity contribution in [3.63, 3.8) is 0 Å². The minimum absolute atomic E-state index is 0.299. The fourth-order valence-electron chi connectivity index (χ4n) is 1.85. The summed E-state index contributed by atoms with van der Waals surface area (Å²) in [5.41, 5.74) is 1.33. The molecule has 16 heavy (non-hydrogen) atoms. The van der Waals surface area contributed by atoms with E-state index in [1.54, 1.807) is 0 Å². The minimum Gasteiger partial charge on any atom is -0.374 e. The van der Waals surface area contributed by atoms with E-state index in [0.29, 0.717) is 6.10 Å². The molecule has 1 aromatic rings. The van der Waals surface area contributed by atoms with Crippen molar-refractivity contribution in [2.75, 3.05) is 6.61 Å². The summed E-state index contributed by atoms with van der Waals surface area (Å²) in [6, 6.07) is 10.6. The van der Waals surface area contributed by atoms with E-state index in [2.05, 4.69) is 44.2 Å². The van der Waals surface area contributed by atoms with E-state index >= 15 is 0 Å². The van der Waals surface area contributed by atoms with Gasteiger partial charge in [-0.3, -0.25) is 0 Å². The van der Waals surface area contributed by atoms with E-state index in [9.17, 15) is 0 Å². The maximum Gasteiger partial charge on any atom is 0.0824 e. The summed E-state index contributed by atoms with van der Waals surface area (Å²) < 4.78 is 5.92. The van der Waals surface area contributed by atoms with Gasteiger partial charge >= 0.3 is 0 Å². The minimum atomic E-state index is 0.299. The third kappa shape index (κ3) is 4.80. The summed E-state index contributed by atoms with van der Waals surface area (Å²) in [7, 11) is 0. The normalized spacial score (nSPS) is 12.6. The molecule has 1 unspecified atom stereocenters. The average molecular weight is 220 g/mol. The second kappa shape index (κ2) is 8.35. The Labute approximate surface area is 99.8 Å². The molecular formula is C15H24O. The van der Waals surface area contributed by atoms with Crippen molar-refractivity contribution in [1.82, 2.24) is 0 Å². The Morgan fingerprint density at radius 1 is 1.00 bits per heavy atom. The Hall–Kier alpha value is -0.820. The zero-order chi connectivity index (χ0) is 11.6. The molecule has 1 aromatic carbocycles. The molecular weight excluding hydrogens is 196 g/mol. The SMILES string of the molecule is CCCCCC(OCCC)c1ccccc1. The molecule has 0 heterocycles. The first-order valence-electron chi connectivity index (χ1n) is 6.55. The zero-order valence-electron chi connectivity index (χ0n) is 10.6. The lowest BCUT2D eigenvalue weighted by molar-refractivity contribution is 0.0452. The van der Waals surface area contributed by atoms with E-state index in [0.717, 1.165) is 19.4 Å². The molecule has 1 rings (SSSR count). The summed E-state index contributed by atoms with van der Waals surface area (Å²) in [6.45, 7) is 5.27. The topological polar surface area (TPSA) is 9.23 Å². The number of hydrogen-bond acceptors (Lipinski definition) is 1. The Morgan fingerprint density at radius 3 is 2.38 bits per heavy atom. The Bertz CT molecular complexity index is 255. The first kappa shape index (κ1) is 13.2. The monoisotopic (exact) mass is 220 g/mol. The standard InChI is InChI=1S/C15H24O/c1-3-5-7-12-15(16-13-4-2)14-10-8-6-9-11-14/h6,8-11,15H,3-5,7,12-13H2,1-2H3. The molecule has 0 N–H and O–H groups in total. The molecule has 0 aromatic heterocycles. The van der Waals surface area contributed by atoms with Gasteiger partial charge in [-0.2, -0.15) is 0 Å². The van der Waals surface area contributed by atoms with Crippen LogP contribution in [0.1, 0.15) is 57.6 Å². The van der Waals surface area contributed by atoms with Crippen LogP contribution in [0.4, 0.5) is 0 Å². The van der Waals surface area contributed by atoms with E-state index in [1.165, 1.54) is 24.8 Å². The summed E-state index contributed by atoms with van der Waals surface area (Å²) in [5.74, 6) is 0. The number of rotatable bonds is 8. The van der Waals surface area contributed by atoms with Crippen molar-refractivity contribution in [2.24, 2.45) is 0 Å². The van der Waals surface area contributed by atoms with Crippen molar-refractivity contribution < 1.29 is 4.74 Å². The van der Waals surface area contributed by atoms with Crippen LogP contribution in [0, 0.1) is 0 Å². The molecule has 0 spiro atoms. The lowest BCUT2D eigenvalue weighted by atomic mass is 10.0. The highest BCUT2D eigenvalue weighted by Crippen LogP contribution is 2.23. The van der Waals surface area contributed by atoms with Crippen LogP contribution >= 0.6 is 0 Å². The van der Waals surface area contributed by atoms with E-state index in [1.807, 2.05) is 0 Å². The molecule has 0 aliphatic heterocycles. The van der Waals surface area contributed by atoms with Gasteiger partial charge in [0, 0.05) is 6.61 Å². The Morgan fingerprint density at radius 2 is 1.75 bits per heavy atom. The predicted molar refractivity (Wildman–Crippen MR) is 69.6 cm³/mol. The van der Waals surface area contributed by atoms with Crippen LogP contribution in [0.5, 0.6) is 0 Å². The third-order valence-electron chi connectivity index (χ3n) is 2.76. The van der Waals surface area contributed by atoms with E-state index < -0.39 is 0 Å². The van der Waals surface area contributed by atoms with Gasteiger partial charge in [0.25, 0.3) is 0 Å². The lowest BCUT2D eigenvalue weighted by Crippen LogP contribution is -2.05. The lowest BCUT2D eigenvalue weighted by Gasteiger charge is -2.17. The maximum absolute atomic E-state index is 5.92. The highest BCUT2D eigenvalue weighted by Gasteiger charge is 2.10. The fourth-order valence-corrected chi connectivity index (χ4v) is 1.85. The van der Waals surface area contributed by atoms with Crippen LogP contribution in [0.2, 0.25) is 0 Å². The third-order valence-corrected chi connectivity index (χ3v) is 2.76. The highest BCUT2D eigenvalue weighted by molar-refractivity contribution is 5.17. The molecule has 0 fully saturated rings. The molecule has 1 nitrogen and oxygen atoms in total. The molecule has 0 saturated heterocycles. The van der Waals surface area contributed by atoms with Gasteiger partial charge in [-0.25, -0.2) is 0 Å². The average Bonchev–Trinajstić information content (AvgIpc) is 2.35. The number of unbranched alkanes of at least 4 members (excludes halogenated alkanes) is 2. The second-order valence-corrected chi connectivity index (χ2v) is 4.27. The van der Waals surface area contributed by atoms with E-state index in [-0.39, 0.29) is 0 Å². The predicted octanol–water partition coefficient (Wildman–Crippen LogP) is 4.73. The van der Waals surface area contributed by atoms with Crippen LogP contribution in [0.3, 0.4) is 0 Å². The Balaban J connectivity index is 2.49. The maximum atomic E-state index is 5.92. The Kier molecular flexibility index (Phi) is 6.91. The van der Waals surface area contributed by atoms with Crippen LogP contribution in [-0.4, -0.2) is 6.61 Å². The molecule has 0 amide bonds. The molecule has 0 bridgehead atoms. The van der Waals surface area contributed by atoms with Crippen molar-refractivity contribution in [3.05, 3.63) is 35.9 Å². The number of benzene rings is 1. The van der Waals surface area contributed by atoms with Gasteiger partial charge < -0.3 is 4.74 Å². The van der Waals surface area contributed by atoms with Gasteiger partial charge in [-0.05, 0) is 18.4 Å². The highest BCUT2D eigenvalue weighted by atomic mass is 16.5. The van der Waals surface area contributed by atoms with Gasteiger partial charge in [0.2, 0.25) is 0 Å². The molecule has 0 saturated carbocycles. The summed E-state index contributed by atoms with van der Waals surface area (Å²) >= 11 is 0. The van der Waals surface area contributed by atoms with Gasteiger partial charge in [0.15, 0.2) is 0 Å². The molecule has 1 heteroatoms. The molecule has 0 aliphatic rings. The quantitative estimate of drug-likeness (QED) is 0.575. The van der Waals surface area contributed by atoms with Crippen molar-refractivity contribution in [2.45, 2.75) is 52.1 Å². The molecule has 1 atom stereocenters. The summed E-state index contributed by atoms with van der Waals surface area (Å²) in [4.78, 5) is 0. The van der Waals surface area contributed by atoms with Crippen molar-refractivity contribution in [1.29, 1.82) is 0 Å². The van der Waals surface area contributed by atoms with Crippen LogP contribution in [0.25, 0.3) is 0 Å². The van der Waals surface area contributed by atoms with Gasteiger partial charge in [-0.15, -0.1) is 0 Å². The van der Waals surface area contributed by atoms with Crippen LogP contribution in [-0.2, 0) is 4.74 Å². The van der Waals surface area contributed by atoms with Crippen molar-refractivity contribution >= 4 is 0 Å².